The molecule has 0 bridgehead atoms. The van der Waals surface area contributed by atoms with Crippen molar-refractivity contribution in [1.29, 1.82) is 5.53 Å². The molecule has 7 heteroatoms. The largest absolute Gasteiger partial charge is 0.355 e. The lowest BCUT2D eigenvalue weighted by molar-refractivity contribution is -0.117. The summed E-state index contributed by atoms with van der Waals surface area (Å²) in [6.07, 6.45) is 1.99. The predicted molar refractivity (Wildman–Crippen MR) is 64.5 cm³/mol. The van der Waals surface area contributed by atoms with E-state index in [4.69, 9.17) is 5.53 Å². The zero-order valence-electron chi connectivity index (χ0n) is 9.96. The topological polar surface area (TPSA) is 102 Å². The number of carbonyl (C=O) groups is 1. The maximum atomic E-state index is 11.4. The minimum absolute atomic E-state index is 0.00816. The van der Waals surface area contributed by atoms with Crippen molar-refractivity contribution in [3.8, 4) is 0 Å². The van der Waals surface area contributed by atoms with Crippen LogP contribution in [0.5, 0.6) is 0 Å². The monoisotopic (exact) mass is 268 g/mol. The Balaban J connectivity index is 2.74. The number of nitrogens with one attached hydrogen (secondary N) is 1. The quantitative estimate of drug-likeness (QED) is 0.629. The van der Waals surface area contributed by atoms with Crippen LogP contribution in [0, 0.1) is 5.53 Å². The number of Topliss-reactive ketones (excluding diaryl/α,β-unsaturated/α-hetero) is 1. The number of nitrogens with zero attached hydrogens (tertiary/aromatic N) is 2. The summed E-state index contributed by atoms with van der Waals surface area (Å²) < 4.78 is 25.7. The number of carbonyl (C=O) groups excluding carboxylic acids is 1. The van der Waals surface area contributed by atoms with Gasteiger partial charge in [0.25, 0.3) is 4.52 Å². The minimum Gasteiger partial charge on any atom is -0.300 e. The molecule has 0 aromatic heterocycles. The van der Waals surface area contributed by atoms with Gasteiger partial charge in [0.15, 0.2) is 0 Å². The zero-order chi connectivity index (χ0) is 13.6. The number of hydrogen-bond donors (Lipinski definition) is 1. The van der Waals surface area contributed by atoms with Crippen LogP contribution >= 0.6 is 0 Å². The molecule has 0 atom stereocenters. The van der Waals surface area contributed by atoms with E-state index in [0.717, 1.165) is 18.4 Å². The van der Waals surface area contributed by atoms with Gasteiger partial charge in [-0.2, -0.15) is 8.42 Å². The summed E-state index contributed by atoms with van der Waals surface area (Å²) in [5.41, 5.74) is 7.38. The summed E-state index contributed by atoms with van der Waals surface area (Å²) in [5, 5.41) is 0. The first-order chi connectivity index (χ1) is 8.45. The Hall–Kier alpha value is -1.85. The summed E-state index contributed by atoms with van der Waals surface area (Å²) in [5.74, 6) is 0.144. The maximum absolute atomic E-state index is 11.4. The van der Waals surface area contributed by atoms with Gasteiger partial charge in [0, 0.05) is 6.42 Å². The van der Waals surface area contributed by atoms with Gasteiger partial charge in [-0.15, -0.1) is 0 Å². The van der Waals surface area contributed by atoms with Gasteiger partial charge in [0.05, 0.1) is 4.90 Å². The van der Waals surface area contributed by atoms with E-state index in [0.29, 0.717) is 6.42 Å². The Morgan fingerprint density at radius 1 is 1.33 bits per heavy atom. The number of hydrogen-bond acceptors (Lipinski definition) is 4. The highest BCUT2D eigenvalue weighted by molar-refractivity contribution is 7.90. The lowest BCUT2D eigenvalue weighted by Crippen LogP contribution is -1.97. The fourth-order valence-electron chi connectivity index (χ4n) is 1.47. The van der Waals surface area contributed by atoms with Gasteiger partial charge in [0.2, 0.25) is 4.91 Å². The summed E-state index contributed by atoms with van der Waals surface area (Å²) >= 11 is 0. The van der Waals surface area contributed by atoms with Gasteiger partial charge in [-0.05, 0) is 37.5 Å². The second-order valence-corrected chi connectivity index (χ2v) is 5.44. The molecule has 96 valence electrons. The van der Waals surface area contributed by atoms with Gasteiger partial charge >= 0.3 is 10.0 Å². The third-order valence-electron chi connectivity index (χ3n) is 2.36. The molecule has 0 aliphatic carbocycles. The van der Waals surface area contributed by atoms with Crippen LogP contribution in [0.25, 0.3) is 0 Å². The van der Waals surface area contributed by atoms with Crippen LogP contribution in [-0.2, 0) is 21.2 Å². The first kappa shape index (κ1) is 14.2. The van der Waals surface area contributed by atoms with E-state index < -0.39 is 10.0 Å². The van der Waals surface area contributed by atoms with Gasteiger partial charge in [-0.1, -0.05) is 12.1 Å². The fourth-order valence-corrected chi connectivity index (χ4v) is 2.15. The molecule has 0 spiro atoms. The number of aryl methyl sites for hydroxylation is 1. The van der Waals surface area contributed by atoms with Gasteiger partial charge in [-0.25, -0.2) is 0 Å². The second-order valence-electron chi connectivity index (χ2n) is 3.86. The van der Waals surface area contributed by atoms with Crippen LogP contribution in [0.4, 0.5) is 0 Å². The number of ketones is 1. The molecule has 0 fully saturated rings. The van der Waals surface area contributed by atoms with Crippen LogP contribution in [0.3, 0.4) is 0 Å². The van der Waals surface area contributed by atoms with Crippen LogP contribution in [0.15, 0.2) is 33.7 Å². The van der Waals surface area contributed by atoms with E-state index in [9.17, 15) is 13.2 Å². The Bertz CT molecular complexity index is 572. The third-order valence-corrected chi connectivity index (χ3v) is 3.53. The highest BCUT2D eigenvalue weighted by Gasteiger charge is 2.17. The van der Waals surface area contributed by atoms with Crippen molar-refractivity contribution in [1.82, 2.24) is 4.91 Å². The Morgan fingerprint density at radius 2 is 1.94 bits per heavy atom. The normalized spacial score (nSPS) is 10.7. The van der Waals surface area contributed by atoms with Crippen LogP contribution in [-0.4, -0.2) is 14.2 Å². The number of sulfonamides is 1. The maximum Gasteiger partial charge on any atom is 0.355 e. The molecule has 0 radical (unpaired) electrons. The molecule has 18 heavy (non-hydrogen) atoms. The van der Waals surface area contributed by atoms with Crippen LogP contribution in [0.2, 0.25) is 0 Å². The Labute approximate surface area is 105 Å². The summed E-state index contributed by atoms with van der Waals surface area (Å²) in [4.78, 5) is 13.3. The molecular formula is C11H14N3O3S+. The van der Waals surface area contributed by atoms with E-state index in [1.54, 1.807) is 19.1 Å². The molecule has 0 heterocycles. The highest BCUT2D eigenvalue weighted by atomic mass is 32.2. The van der Waals surface area contributed by atoms with Crippen LogP contribution in [0.1, 0.15) is 25.3 Å². The molecule has 1 rings (SSSR count). The lowest BCUT2D eigenvalue weighted by atomic mass is 10.1. The van der Waals surface area contributed by atoms with Crippen molar-refractivity contribution in [3.63, 3.8) is 0 Å². The molecule has 0 aliphatic rings. The van der Waals surface area contributed by atoms with Gasteiger partial charge in [-0.3, -0.25) is 0 Å². The van der Waals surface area contributed by atoms with E-state index in [1.165, 1.54) is 12.1 Å². The number of rotatable bonds is 6. The van der Waals surface area contributed by atoms with E-state index >= 15 is 0 Å². The molecule has 0 saturated carbocycles. The second kappa shape index (κ2) is 6.18. The molecule has 0 amide bonds. The minimum atomic E-state index is -3.84. The Kier molecular flexibility index (Phi) is 4.88. The third kappa shape index (κ3) is 4.20. The average Bonchev–Trinajstić information content (AvgIpc) is 2.29. The molecule has 0 aliphatic heterocycles. The fraction of sp³-hybridized carbons (Fsp3) is 0.364. The van der Waals surface area contributed by atoms with Crippen molar-refractivity contribution in [2.24, 2.45) is 4.52 Å². The lowest BCUT2D eigenvalue weighted by Gasteiger charge is -2.00. The smallest absolute Gasteiger partial charge is 0.300 e. The van der Waals surface area contributed by atoms with Crippen molar-refractivity contribution < 1.29 is 13.2 Å². The van der Waals surface area contributed by atoms with E-state index in [2.05, 4.69) is 9.43 Å². The van der Waals surface area contributed by atoms with Crippen LogP contribution < -0.4 is 4.91 Å². The van der Waals surface area contributed by atoms with Crippen molar-refractivity contribution >= 4 is 15.8 Å². The highest BCUT2D eigenvalue weighted by Crippen LogP contribution is 2.14. The standard InChI is InChI=1S/C11H14N3O3S/c1-9(15)3-2-4-10-5-7-11(8-6-10)18(16,17)14-13-12/h5-8,12H,2-4H2,1H3/q+1. The molecule has 0 unspecified atom stereocenters. The van der Waals surface area contributed by atoms with Gasteiger partial charge < -0.3 is 4.79 Å². The van der Waals surface area contributed by atoms with Crippen molar-refractivity contribution in [3.05, 3.63) is 29.8 Å². The first-order valence-electron chi connectivity index (χ1n) is 5.38. The summed E-state index contributed by atoms with van der Waals surface area (Å²) in [6, 6.07) is 6.19. The molecular weight excluding hydrogens is 254 g/mol. The zero-order valence-corrected chi connectivity index (χ0v) is 10.8. The summed E-state index contributed by atoms with van der Waals surface area (Å²) in [7, 11) is -3.84. The average molecular weight is 268 g/mol. The van der Waals surface area contributed by atoms with E-state index in [-0.39, 0.29) is 10.7 Å². The molecule has 1 aromatic rings. The van der Waals surface area contributed by atoms with Crippen molar-refractivity contribution in [2.45, 2.75) is 31.1 Å². The molecule has 1 aromatic carbocycles. The summed E-state index contributed by atoms with van der Waals surface area (Å²) in [6.45, 7) is 1.54. The molecule has 1 N–H and O–H groups in total. The van der Waals surface area contributed by atoms with Gasteiger partial charge in [0.1, 0.15) is 11.3 Å². The Morgan fingerprint density at radius 3 is 2.44 bits per heavy atom. The van der Waals surface area contributed by atoms with E-state index in [1.807, 2.05) is 0 Å². The predicted octanol–water partition coefficient (Wildman–Crippen LogP) is 1.84. The first-order valence-corrected chi connectivity index (χ1v) is 6.82. The van der Waals surface area contributed by atoms with Crippen molar-refractivity contribution in [2.75, 3.05) is 0 Å². The SMILES string of the molecule is CC(=O)CCCc1ccc(S(=O)(=O)N=[N+]=N)cc1. The molecule has 6 nitrogen and oxygen atoms in total. The molecule has 0 saturated heterocycles. The number of benzene rings is 1.